The van der Waals surface area contributed by atoms with Crippen LogP contribution in [0, 0.1) is 0 Å². The number of pyridine rings is 1. The smallest absolute Gasteiger partial charge is 0.0974 e. The highest BCUT2D eigenvalue weighted by Gasteiger charge is 2.18. The van der Waals surface area contributed by atoms with Gasteiger partial charge in [-0.3, -0.25) is 4.98 Å². The van der Waals surface area contributed by atoms with Crippen molar-refractivity contribution in [3.05, 3.63) is 42.1 Å². The molecule has 1 aliphatic rings. The fourth-order valence-corrected chi connectivity index (χ4v) is 2.78. The van der Waals surface area contributed by atoms with Gasteiger partial charge in [0.05, 0.1) is 17.3 Å². The molecule has 19 heavy (non-hydrogen) atoms. The molecule has 1 fully saturated rings. The van der Waals surface area contributed by atoms with Crippen molar-refractivity contribution in [3.8, 4) is 0 Å². The molecule has 2 heterocycles. The summed E-state index contributed by atoms with van der Waals surface area (Å²) in [6, 6.07) is 12.4. The zero-order valence-electron chi connectivity index (χ0n) is 11.0. The second kappa shape index (κ2) is 5.68. The first-order valence-corrected chi connectivity index (χ1v) is 7.10. The van der Waals surface area contributed by atoms with Gasteiger partial charge in [0, 0.05) is 11.4 Å². The Bertz CT molecular complexity index is 549. The Balaban J connectivity index is 1.75. The summed E-state index contributed by atoms with van der Waals surface area (Å²) in [5.41, 5.74) is 1.74. The number of benzene rings is 1. The van der Waals surface area contributed by atoms with E-state index in [2.05, 4.69) is 10.3 Å². The molecule has 1 aromatic carbocycles. The molecule has 0 spiro atoms. The molecule has 0 bridgehead atoms. The third-order valence-electron chi connectivity index (χ3n) is 3.88. The third kappa shape index (κ3) is 2.94. The van der Waals surface area contributed by atoms with Gasteiger partial charge in [-0.15, -0.1) is 0 Å². The third-order valence-corrected chi connectivity index (χ3v) is 3.88. The monoisotopic (exact) mass is 256 g/mol. The van der Waals surface area contributed by atoms with E-state index in [4.69, 9.17) is 0 Å². The van der Waals surface area contributed by atoms with E-state index in [0.29, 0.717) is 6.04 Å². The fraction of sp³-hybridized carbons (Fsp3) is 0.438. The molecule has 3 heteroatoms. The first-order chi connectivity index (χ1) is 9.33. The number of nitrogens with zero attached hydrogens (tertiary/aromatic N) is 1. The molecule has 3 rings (SSSR count). The largest absolute Gasteiger partial charge is 0.387 e. The number of aromatic nitrogens is 1. The first kappa shape index (κ1) is 12.6. The number of piperidine rings is 1. The van der Waals surface area contributed by atoms with Crippen LogP contribution in [0.4, 0.5) is 0 Å². The fourth-order valence-electron chi connectivity index (χ4n) is 2.78. The van der Waals surface area contributed by atoms with Gasteiger partial charge in [0.15, 0.2) is 0 Å². The van der Waals surface area contributed by atoms with Crippen LogP contribution in [0.2, 0.25) is 0 Å². The lowest BCUT2D eigenvalue weighted by Crippen LogP contribution is -2.35. The van der Waals surface area contributed by atoms with Crippen molar-refractivity contribution in [3.63, 3.8) is 0 Å². The van der Waals surface area contributed by atoms with Gasteiger partial charge in [-0.25, -0.2) is 0 Å². The molecule has 2 aromatic rings. The Hall–Kier alpha value is -1.45. The van der Waals surface area contributed by atoms with E-state index in [1.165, 1.54) is 12.8 Å². The molecule has 1 aliphatic heterocycles. The molecule has 2 atom stereocenters. The Morgan fingerprint density at radius 3 is 2.95 bits per heavy atom. The van der Waals surface area contributed by atoms with Gasteiger partial charge in [0.25, 0.3) is 0 Å². The highest BCUT2D eigenvalue weighted by Crippen LogP contribution is 2.22. The SMILES string of the molecule is OC(CC1CCCCN1)c1ccc2ccccc2n1. The van der Waals surface area contributed by atoms with E-state index in [1.54, 1.807) is 0 Å². The maximum atomic E-state index is 10.3. The van der Waals surface area contributed by atoms with Crippen LogP contribution in [-0.4, -0.2) is 22.7 Å². The van der Waals surface area contributed by atoms with E-state index in [1.807, 2.05) is 36.4 Å². The zero-order chi connectivity index (χ0) is 13.1. The van der Waals surface area contributed by atoms with Crippen LogP contribution in [0.5, 0.6) is 0 Å². The summed E-state index contributed by atoms with van der Waals surface area (Å²) in [5.74, 6) is 0. The predicted molar refractivity (Wildman–Crippen MR) is 77.0 cm³/mol. The lowest BCUT2D eigenvalue weighted by atomic mass is 9.97. The quantitative estimate of drug-likeness (QED) is 0.887. The Labute approximate surface area is 113 Å². The molecule has 3 nitrogen and oxygen atoms in total. The summed E-state index contributed by atoms with van der Waals surface area (Å²) < 4.78 is 0. The number of rotatable bonds is 3. The van der Waals surface area contributed by atoms with Crippen molar-refractivity contribution in [2.24, 2.45) is 0 Å². The van der Waals surface area contributed by atoms with Crippen LogP contribution in [0.1, 0.15) is 37.5 Å². The molecule has 0 aliphatic carbocycles. The predicted octanol–water partition coefficient (Wildman–Crippen LogP) is 2.80. The van der Waals surface area contributed by atoms with Crippen LogP contribution in [-0.2, 0) is 0 Å². The lowest BCUT2D eigenvalue weighted by molar-refractivity contribution is 0.141. The van der Waals surface area contributed by atoms with Gasteiger partial charge >= 0.3 is 0 Å². The van der Waals surface area contributed by atoms with Gasteiger partial charge in [0.2, 0.25) is 0 Å². The van der Waals surface area contributed by atoms with Crippen LogP contribution in [0.25, 0.3) is 10.9 Å². The molecule has 0 saturated carbocycles. The normalized spacial score (nSPS) is 21.4. The summed E-state index contributed by atoms with van der Waals surface area (Å²) in [6.07, 6.45) is 3.95. The number of hydrogen-bond acceptors (Lipinski definition) is 3. The summed E-state index contributed by atoms with van der Waals surface area (Å²) in [4.78, 5) is 4.56. The number of aliphatic hydroxyl groups is 1. The van der Waals surface area contributed by atoms with Crippen molar-refractivity contribution < 1.29 is 5.11 Å². The molecule has 2 unspecified atom stereocenters. The molecule has 100 valence electrons. The minimum atomic E-state index is -0.472. The van der Waals surface area contributed by atoms with Crippen molar-refractivity contribution in [1.82, 2.24) is 10.3 Å². The van der Waals surface area contributed by atoms with E-state index in [-0.39, 0.29) is 0 Å². The van der Waals surface area contributed by atoms with E-state index >= 15 is 0 Å². The summed E-state index contributed by atoms with van der Waals surface area (Å²) >= 11 is 0. The summed E-state index contributed by atoms with van der Waals surface area (Å²) in [7, 11) is 0. The maximum Gasteiger partial charge on any atom is 0.0974 e. The van der Waals surface area contributed by atoms with E-state index in [0.717, 1.165) is 36.0 Å². The van der Waals surface area contributed by atoms with Gasteiger partial charge in [0.1, 0.15) is 0 Å². The molecular weight excluding hydrogens is 236 g/mol. The van der Waals surface area contributed by atoms with Gasteiger partial charge in [-0.2, -0.15) is 0 Å². The van der Waals surface area contributed by atoms with Crippen molar-refractivity contribution in [2.45, 2.75) is 37.8 Å². The summed E-state index contributed by atoms with van der Waals surface area (Å²) in [5, 5.41) is 14.9. The second-order valence-electron chi connectivity index (χ2n) is 5.33. The minimum Gasteiger partial charge on any atom is -0.387 e. The van der Waals surface area contributed by atoms with Crippen molar-refractivity contribution >= 4 is 10.9 Å². The molecule has 1 aromatic heterocycles. The highest BCUT2D eigenvalue weighted by atomic mass is 16.3. The van der Waals surface area contributed by atoms with Crippen molar-refractivity contribution in [1.29, 1.82) is 0 Å². The van der Waals surface area contributed by atoms with Gasteiger partial charge in [-0.1, -0.05) is 30.7 Å². The number of hydrogen-bond donors (Lipinski definition) is 2. The van der Waals surface area contributed by atoms with Gasteiger partial charge < -0.3 is 10.4 Å². The standard InChI is InChI=1S/C16H20N2O/c19-16(11-13-6-3-4-10-17-13)15-9-8-12-5-1-2-7-14(12)18-15/h1-2,5,7-9,13,16-17,19H,3-4,6,10-11H2. The van der Waals surface area contributed by atoms with E-state index in [9.17, 15) is 5.11 Å². The van der Waals surface area contributed by atoms with Crippen LogP contribution in [0.15, 0.2) is 36.4 Å². The number of aliphatic hydroxyl groups excluding tert-OH is 1. The van der Waals surface area contributed by atoms with Crippen LogP contribution >= 0.6 is 0 Å². The minimum absolute atomic E-state index is 0.428. The first-order valence-electron chi connectivity index (χ1n) is 7.10. The molecule has 0 amide bonds. The topological polar surface area (TPSA) is 45.1 Å². The second-order valence-corrected chi connectivity index (χ2v) is 5.33. The maximum absolute atomic E-state index is 10.3. The zero-order valence-corrected chi connectivity index (χ0v) is 11.0. The van der Waals surface area contributed by atoms with E-state index < -0.39 is 6.10 Å². The highest BCUT2D eigenvalue weighted by molar-refractivity contribution is 5.78. The summed E-state index contributed by atoms with van der Waals surface area (Å²) in [6.45, 7) is 1.07. The number of fused-ring (bicyclic) bond motifs is 1. The molecule has 1 saturated heterocycles. The van der Waals surface area contributed by atoms with Crippen LogP contribution < -0.4 is 5.32 Å². The number of para-hydroxylation sites is 1. The Kier molecular flexibility index (Phi) is 3.76. The molecule has 0 radical (unpaired) electrons. The lowest BCUT2D eigenvalue weighted by Gasteiger charge is -2.25. The Morgan fingerprint density at radius 2 is 2.11 bits per heavy atom. The average Bonchev–Trinajstić information content (AvgIpc) is 2.48. The van der Waals surface area contributed by atoms with Crippen molar-refractivity contribution in [2.75, 3.05) is 6.54 Å². The van der Waals surface area contributed by atoms with Crippen LogP contribution in [0.3, 0.4) is 0 Å². The molecule has 2 N–H and O–H groups in total. The van der Waals surface area contributed by atoms with Gasteiger partial charge in [-0.05, 0) is 37.9 Å². The molecular formula is C16H20N2O. The Morgan fingerprint density at radius 1 is 1.21 bits per heavy atom. The average molecular weight is 256 g/mol. The number of nitrogens with one attached hydrogen (secondary N) is 1.